The van der Waals surface area contributed by atoms with Gasteiger partial charge in [0.2, 0.25) is 5.91 Å². The fourth-order valence-corrected chi connectivity index (χ4v) is 5.06. The molecule has 40 heavy (non-hydrogen) atoms. The summed E-state index contributed by atoms with van der Waals surface area (Å²) in [5.41, 5.74) is 7.70. The Kier molecular flexibility index (Phi) is 8.60. The lowest BCUT2D eigenvalue weighted by atomic mass is 10.0. The minimum Gasteiger partial charge on any atom is -0.493 e. The van der Waals surface area contributed by atoms with E-state index in [2.05, 4.69) is 72.3 Å². The molecule has 5 aromatic rings. The summed E-state index contributed by atoms with van der Waals surface area (Å²) in [6, 6.07) is 32.7. The Hall–Kier alpha value is -4.38. The van der Waals surface area contributed by atoms with Gasteiger partial charge < -0.3 is 14.6 Å². The Morgan fingerprint density at radius 3 is 2.40 bits per heavy atom. The van der Waals surface area contributed by atoms with Crippen molar-refractivity contribution >= 4 is 16.9 Å². The number of para-hydroxylation sites is 2. The van der Waals surface area contributed by atoms with Gasteiger partial charge in [0.1, 0.15) is 11.6 Å². The zero-order chi connectivity index (χ0) is 27.9. The van der Waals surface area contributed by atoms with Crippen molar-refractivity contribution in [3.05, 3.63) is 120 Å². The zero-order valence-electron chi connectivity index (χ0n) is 23.6. The molecule has 0 spiro atoms. The number of hydrogen-bond acceptors (Lipinski definition) is 3. The largest absolute Gasteiger partial charge is 0.493 e. The molecule has 1 N–H and O–H groups in total. The highest BCUT2D eigenvalue weighted by atomic mass is 16.5. The molecule has 0 radical (unpaired) electrons. The first-order valence-electron chi connectivity index (χ1n) is 14.1. The van der Waals surface area contributed by atoms with Crippen LogP contribution in [0.1, 0.15) is 48.3 Å². The molecule has 0 bridgehead atoms. The number of fused-ring (bicyclic) bond motifs is 1. The molecule has 5 heteroatoms. The lowest BCUT2D eigenvalue weighted by molar-refractivity contribution is -0.121. The lowest BCUT2D eigenvalue weighted by Gasteiger charge is -2.17. The molecular formula is C35H37N3O2. The van der Waals surface area contributed by atoms with E-state index < -0.39 is 0 Å². The second-order valence-corrected chi connectivity index (χ2v) is 10.5. The van der Waals surface area contributed by atoms with Crippen molar-refractivity contribution in [1.29, 1.82) is 0 Å². The third-order valence-corrected chi connectivity index (χ3v) is 7.25. The van der Waals surface area contributed by atoms with Crippen LogP contribution in [0.5, 0.6) is 5.75 Å². The molecule has 0 aliphatic heterocycles. The predicted octanol–water partition coefficient (Wildman–Crippen LogP) is 7.60. The summed E-state index contributed by atoms with van der Waals surface area (Å²) in [4.78, 5) is 17.9. The predicted molar refractivity (Wildman–Crippen MR) is 163 cm³/mol. The van der Waals surface area contributed by atoms with Gasteiger partial charge in [-0.2, -0.15) is 0 Å². The first kappa shape index (κ1) is 27.2. The van der Waals surface area contributed by atoms with Gasteiger partial charge in [0, 0.05) is 6.54 Å². The van der Waals surface area contributed by atoms with Crippen molar-refractivity contribution in [3.8, 4) is 16.9 Å². The highest BCUT2D eigenvalue weighted by Crippen LogP contribution is 2.23. The first-order valence-corrected chi connectivity index (χ1v) is 14.1. The van der Waals surface area contributed by atoms with Crippen molar-refractivity contribution in [2.75, 3.05) is 6.61 Å². The van der Waals surface area contributed by atoms with E-state index in [1.807, 2.05) is 55.5 Å². The first-order chi connectivity index (χ1) is 19.5. The van der Waals surface area contributed by atoms with E-state index in [4.69, 9.17) is 9.72 Å². The van der Waals surface area contributed by atoms with Crippen LogP contribution in [0.3, 0.4) is 0 Å². The number of aromatic nitrogens is 2. The third kappa shape index (κ3) is 6.60. The highest BCUT2D eigenvalue weighted by Gasteiger charge is 2.18. The summed E-state index contributed by atoms with van der Waals surface area (Å²) in [5, 5.41) is 3.18. The van der Waals surface area contributed by atoms with Crippen LogP contribution >= 0.6 is 0 Å². The lowest BCUT2D eigenvalue weighted by Crippen LogP contribution is -2.30. The molecular weight excluding hydrogens is 494 g/mol. The number of hydrogen-bond donors (Lipinski definition) is 1. The molecule has 0 saturated heterocycles. The Bertz CT molecular complexity index is 1570. The van der Waals surface area contributed by atoms with E-state index in [0.29, 0.717) is 13.0 Å². The summed E-state index contributed by atoms with van der Waals surface area (Å²) in [6.07, 6.45) is 2.21. The Morgan fingerprint density at radius 1 is 0.875 bits per heavy atom. The van der Waals surface area contributed by atoms with E-state index in [0.717, 1.165) is 58.7 Å². The number of nitrogens with zero attached hydrogens (tertiary/aromatic N) is 2. The van der Waals surface area contributed by atoms with Crippen LogP contribution in [-0.2, 0) is 17.8 Å². The topological polar surface area (TPSA) is 56.1 Å². The maximum absolute atomic E-state index is 13.0. The number of imidazole rings is 1. The van der Waals surface area contributed by atoms with Gasteiger partial charge >= 0.3 is 0 Å². The van der Waals surface area contributed by atoms with Crippen molar-refractivity contribution in [1.82, 2.24) is 14.9 Å². The van der Waals surface area contributed by atoms with Gasteiger partial charge in [-0.1, -0.05) is 78.9 Å². The van der Waals surface area contributed by atoms with E-state index >= 15 is 0 Å². The standard InChI is InChI=1S/C35H37N3O2/c1-25-15-16-26(2)33(23-25)40-22-10-9-21-38-32-14-8-7-13-31(32)37-35(38)27(3)36-34(39)24-28-17-19-30(20-18-28)29-11-5-4-6-12-29/h4-8,11-20,23,27H,9-10,21-22,24H2,1-3H3,(H,36,39). The smallest absolute Gasteiger partial charge is 0.224 e. The van der Waals surface area contributed by atoms with Gasteiger partial charge in [0.05, 0.1) is 30.1 Å². The second-order valence-electron chi connectivity index (χ2n) is 10.5. The van der Waals surface area contributed by atoms with Crippen LogP contribution in [-0.4, -0.2) is 22.1 Å². The second kappa shape index (κ2) is 12.6. The third-order valence-electron chi connectivity index (χ3n) is 7.25. The fraction of sp³-hybridized carbons (Fsp3) is 0.257. The number of ether oxygens (including phenoxy) is 1. The zero-order valence-corrected chi connectivity index (χ0v) is 23.6. The molecule has 1 unspecified atom stereocenters. The molecule has 0 saturated carbocycles. The Balaban J connectivity index is 1.20. The molecule has 1 heterocycles. The molecule has 0 aliphatic carbocycles. The van der Waals surface area contributed by atoms with Gasteiger partial charge in [-0.05, 0) is 79.6 Å². The molecule has 1 amide bonds. The fourth-order valence-electron chi connectivity index (χ4n) is 5.06. The Labute approximate surface area is 236 Å². The summed E-state index contributed by atoms with van der Waals surface area (Å²) in [6.45, 7) is 7.65. The van der Waals surface area contributed by atoms with E-state index in [-0.39, 0.29) is 11.9 Å². The highest BCUT2D eigenvalue weighted by molar-refractivity contribution is 5.80. The van der Waals surface area contributed by atoms with Crippen LogP contribution in [0.2, 0.25) is 0 Å². The van der Waals surface area contributed by atoms with Crippen LogP contribution in [0.15, 0.2) is 97.1 Å². The molecule has 1 aromatic heterocycles. The van der Waals surface area contributed by atoms with Crippen LogP contribution in [0.25, 0.3) is 22.2 Å². The van der Waals surface area contributed by atoms with Gasteiger partial charge in [-0.3, -0.25) is 4.79 Å². The minimum atomic E-state index is -0.213. The number of unbranched alkanes of at least 4 members (excludes halogenated alkanes) is 1. The van der Waals surface area contributed by atoms with Crippen molar-refractivity contribution in [3.63, 3.8) is 0 Å². The van der Waals surface area contributed by atoms with Gasteiger partial charge in [-0.15, -0.1) is 0 Å². The number of aryl methyl sites for hydroxylation is 3. The molecule has 5 rings (SSSR count). The van der Waals surface area contributed by atoms with Gasteiger partial charge in [-0.25, -0.2) is 4.98 Å². The number of amides is 1. The number of benzene rings is 4. The van der Waals surface area contributed by atoms with Crippen molar-refractivity contribution in [2.45, 2.75) is 52.6 Å². The number of rotatable bonds is 11. The average Bonchev–Trinajstić information content (AvgIpc) is 3.34. The maximum Gasteiger partial charge on any atom is 0.224 e. The number of carbonyl (C=O) groups is 1. The Morgan fingerprint density at radius 2 is 1.60 bits per heavy atom. The average molecular weight is 532 g/mol. The summed E-state index contributed by atoms with van der Waals surface area (Å²) < 4.78 is 8.30. The molecule has 0 aliphatic rings. The van der Waals surface area contributed by atoms with Crippen LogP contribution in [0, 0.1) is 13.8 Å². The minimum absolute atomic E-state index is 0.0134. The number of carbonyl (C=O) groups excluding carboxylic acids is 1. The van der Waals surface area contributed by atoms with E-state index in [1.54, 1.807) is 0 Å². The van der Waals surface area contributed by atoms with E-state index in [1.165, 1.54) is 11.1 Å². The summed E-state index contributed by atoms with van der Waals surface area (Å²) >= 11 is 0. The molecule has 4 aromatic carbocycles. The molecule has 204 valence electrons. The maximum atomic E-state index is 13.0. The summed E-state index contributed by atoms with van der Waals surface area (Å²) in [5.74, 6) is 1.82. The SMILES string of the molecule is Cc1ccc(C)c(OCCCCn2c(C(C)NC(=O)Cc3ccc(-c4ccccc4)cc3)nc3ccccc32)c1. The van der Waals surface area contributed by atoms with Gasteiger partial charge in [0.25, 0.3) is 0 Å². The summed E-state index contributed by atoms with van der Waals surface area (Å²) in [7, 11) is 0. The van der Waals surface area contributed by atoms with Crippen LogP contribution < -0.4 is 10.1 Å². The number of nitrogens with one attached hydrogen (secondary N) is 1. The van der Waals surface area contributed by atoms with Crippen molar-refractivity contribution in [2.24, 2.45) is 0 Å². The molecule has 1 atom stereocenters. The molecule has 0 fully saturated rings. The van der Waals surface area contributed by atoms with Gasteiger partial charge in [0.15, 0.2) is 0 Å². The van der Waals surface area contributed by atoms with Crippen LogP contribution in [0.4, 0.5) is 0 Å². The van der Waals surface area contributed by atoms with E-state index in [9.17, 15) is 4.79 Å². The normalized spacial score (nSPS) is 11.9. The monoisotopic (exact) mass is 531 g/mol. The molecule has 5 nitrogen and oxygen atoms in total. The quantitative estimate of drug-likeness (QED) is 0.179. The van der Waals surface area contributed by atoms with Crippen molar-refractivity contribution < 1.29 is 9.53 Å².